The molecule has 62 valence electrons. The number of nitrogens with one attached hydrogen (secondary N) is 2. The highest BCUT2D eigenvalue weighted by Gasteiger charge is 2.24. The summed E-state index contributed by atoms with van der Waals surface area (Å²) in [7, 11) is -2.36. The molecular weight excluding hydrogens is 170 g/mol. The van der Waals surface area contributed by atoms with Crippen molar-refractivity contribution in [2.45, 2.75) is 0 Å². The number of nitroso groups, excluding NO2 is 1. The molecule has 0 atom stereocenters. The first kappa shape index (κ1) is 8.15. The van der Waals surface area contributed by atoms with E-state index in [9.17, 15) is 13.3 Å². The average molecular weight is 177 g/mol. The SMILES string of the molecule is O=NNC(C1CNC1)=S(=O)=O. The van der Waals surface area contributed by atoms with Gasteiger partial charge in [0.05, 0.1) is 5.29 Å². The molecule has 0 saturated carbocycles. The van der Waals surface area contributed by atoms with E-state index in [1.165, 1.54) is 0 Å². The number of rotatable bonds is 2. The summed E-state index contributed by atoms with van der Waals surface area (Å²) in [4.78, 5) is 9.66. The summed E-state index contributed by atoms with van der Waals surface area (Å²) >= 11 is 0. The summed E-state index contributed by atoms with van der Waals surface area (Å²) in [6.07, 6.45) is 0. The van der Waals surface area contributed by atoms with Crippen LogP contribution in [0.3, 0.4) is 0 Å². The quantitative estimate of drug-likeness (QED) is 0.304. The molecule has 1 aliphatic heterocycles. The van der Waals surface area contributed by atoms with Crippen LogP contribution in [0.4, 0.5) is 0 Å². The summed E-state index contributed by atoms with van der Waals surface area (Å²) in [5.41, 5.74) is 1.92. The van der Waals surface area contributed by atoms with Gasteiger partial charge in [0, 0.05) is 19.0 Å². The second-order valence-corrected chi connectivity index (χ2v) is 3.07. The highest BCUT2D eigenvalue weighted by molar-refractivity contribution is 7.72. The van der Waals surface area contributed by atoms with Gasteiger partial charge in [-0.25, -0.2) is 5.43 Å². The van der Waals surface area contributed by atoms with Crippen LogP contribution in [0.25, 0.3) is 0 Å². The van der Waals surface area contributed by atoms with Crippen molar-refractivity contribution in [2.24, 2.45) is 11.2 Å². The molecule has 1 saturated heterocycles. The predicted molar refractivity (Wildman–Crippen MR) is 39.2 cm³/mol. The summed E-state index contributed by atoms with van der Waals surface area (Å²) in [6, 6.07) is 0. The van der Waals surface area contributed by atoms with Crippen LogP contribution in [0.5, 0.6) is 0 Å². The maximum absolute atomic E-state index is 10.4. The maximum Gasteiger partial charge on any atom is 0.235 e. The Morgan fingerprint density at radius 3 is 2.45 bits per heavy atom. The Bertz CT molecular complexity index is 271. The van der Waals surface area contributed by atoms with Crippen molar-refractivity contribution in [1.29, 1.82) is 0 Å². The topological polar surface area (TPSA) is 87.6 Å². The third kappa shape index (κ3) is 1.75. The normalized spacial score (nSPS) is 16.7. The van der Waals surface area contributed by atoms with E-state index in [0.29, 0.717) is 13.1 Å². The fourth-order valence-corrected chi connectivity index (χ4v) is 1.33. The molecule has 0 aromatic carbocycles. The van der Waals surface area contributed by atoms with Crippen LogP contribution in [-0.2, 0) is 10.3 Å². The Kier molecular flexibility index (Phi) is 2.55. The van der Waals surface area contributed by atoms with Crippen LogP contribution in [-0.4, -0.2) is 26.5 Å². The Labute approximate surface area is 64.5 Å². The second-order valence-electron chi connectivity index (χ2n) is 2.16. The number of hydrogen-bond donors (Lipinski definition) is 2. The van der Waals surface area contributed by atoms with E-state index >= 15 is 0 Å². The summed E-state index contributed by atoms with van der Waals surface area (Å²) in [5, 5.41) is 5.18. The fraction of sp³-hybridized carbons (Fsp3) is 0.750. The van der Waals surface area contributed by atoms with Crippen molar-refractivity contribution in [3.63, 3.8) is 0 Å². The lowest BCUT2D eigenvalue weighted by Crippen LogP contribution is -2.50. The first-order chi connectivity index (χ1) is 5.25. The van der Waals surface area contributed by atoms with Crippen LogP contribution in [0, 0.1) is 10.8 Å². The minimum Gasteiger partial charge on any atom is -0.315 e. The predicted octanol–water partition coefficient (Wildman–Crippen LogP) is -1.51. The third-order valence-electron chi connectivity index (χ3n) is 1.49. The van der Waals surface area contributed by atoms with Gasteiger partial charge in [-0.1, -0.05) is 0 Å². The Balaban J connectivity index is 2.75. The van der Waals surface area contributed by atoms with Crippen molar-refractivity contribution in [3.05, 3.63) is 4.91 Å². The molecule has 1 heterocycles. The highest BCUT2D eigenvalue weighted by atomic mass is 32.2. The minimum absolute atomic E-state index is 0.0289. The van der Waals surface area contributed by atoms with E-state index in [2.05, 4.69) is 10.6 Å². The Morgan fingerprint density at radius 2 is 2.18 bits per heavy atom. The monoisotopic (exact) mass is 177 g/mol. The van der Waals surface area contributed by atoms with E-state index in [0.717, 1.165) is 0 Å². The van der Waals surface area contributed by atoms with Crippen LogP contribution in [0.15, 0.2) is 5.29 Å². The van der Waals surface area contributed by atoms with Gasteiger partial charge in [-0.05, 0) is 0 Å². The third-order valence-corrected chi connectivity index (χ3v) is 2.27. The largest absolute Gasteiger partial charge is 0.315 e. The summed E-state index contributed by atoms with van der Waals surface area (Å²) in [5.74, 6) is -0.119. The number of nitrogens with zero attached hydrogens (tertiary/aromatic N) is 1. The maximum atomic E-state index is 10.4. The molecule has 1 aliphatic rings. The van der Waals surface area contributed by atoms with Crippen molar-refractivity contribution < 1.29 is 8.42 Å². The van der Waals surface area contributed by atoms with E-state index in [-0.39, 0.29) is 10.9 Å². The molecule has 0 bridgehead atoms. The van der Waals surface area contributed by atoms with E-state index in [1.54, 1.807) is 0 Å². The molecule has 2 N–H and O–H groups in total. The van der Waals surface area contributed by atoms with E-state index in [1.807, 2.05) is 5.43 Å². The highest BCUT2D eigenvalue weighted by Crippen LogP contribution is 2.02. The Morgan fingerprint density at radius 1 is 1.55 bits per heavy atom. The first-order valence-electron chi connectivity index (χ1n) is 3.01. The minimum atomic E-state index is -2.36. The zero-order valence-electron chi connectivity index (χ0n) is 5.57. The average Bonchev–Trinajstić information content (AvgIpc) is 1.82. The van der Waals surface area contributed by atoms with Gasteiger partial charge in [-0.2, -0.15) is 8.42 Å². The van der Waals surface area contributed by atoms with Gasteiger partial charge < -0.3 is 5.32 Å². The Hall–Kier alpha value is -0.950. The van der Waals surface area contributed by atoms with Crippen molar-refractivity contribution in [1.82, 2.24) is 10.7 Å². The van der Waals surface area contributed by atoms with E-state index in [4.69, 9.17) is 0 Å². The van der Waals surface area contributed by atoms with Crippen LogP contribution >= 0.6 is 0 Å². The molecule has 0 spiro atoms. The van der Waals surface area contributed by atoms with E-state index < -0.39 is 10.3 Å². The molecule has 0 unspecified atom stereocenters. The second kappa shape index (κ2) is 3.44. The van der Waals surface area contributed by atoms with Gasteiger partial charge in [-0.15, -0.1) is 4.91 Å². The van der Waals surface area contributed by atoms with Gasteiger partial charge in [0.25, 0.3) is 0 Å². The lowest BCUT2D eigenvalue weighted by atomic mass is 10.0. The molecule has 0 amide bonds. The molecular formula is C4H7N3O3S. The van der Waals surface area contributed by atoms with Gasteiger partial charge >= 0.3 is 0 Å². The van der Waals surface area contributed by atoms with Crippen molar-refractivity contribution in [2.75, 3.05) is 13.1 Å². The van der Waals surface area contributed by atoms with Gasteiger partial charge in [0.15, 0.2) is 4.99 Å². The molecule has 11 heavy (non-hydrogen) atoms. The zero-order chi connectivity index (χ0) is 8.27. The molecule has 0 aromatic rings. The zero-order valence-corrected chi connectivity index (χ0v) is 6.39. The molecule has 0 aromatic heterocycles. The molecule has 0 aliphatic carbocycles. The lowest BCUT2D eigenvalue weighted by Gasteiger charge is -2.25. The standard InChI is InChI=1S/C4H7N3O3S/c8-7-6-4(11(9)10)3-1-5-2-3/h3,5H,1-2H2,(H,6,8). The van der Waals surface area contributed by atoms with Crippen LogP contribution < -0.4 is 10.7 Å². The lowest BCUT2D eigenvalue weighted by molar-refractivity contribution is 0.438. The molecule has 1 rings (SSSR count). The van der Waals surface area contributed by atoms with Gasteiger partial charge in [0.2, 0.25) is 10.3 Å². The van der Waals surface area contributed by atoms with Crippen molar-refractivity contribution >= 4 is 15.3 Å². The summed E-state index contributed by atoms with van der Waals surface area (Å²) < 4.78 is 20.8. The molecule has 7 heteroatoms. The molecule has 1 fully saturated rings. The summed E-state index contributed by atoms with van der Waals surface area (Å²) in [6.45, 7) is 1.15. The van der Waals surface area contributed by atoms with Gasteiger partial charge in [0.1, 0.15) is 0 Å². The fourth-order valence-electron chi connectivity index (χ4n) is 0.784. The first-order valence-corrected chi connectivity index (χ1v) is 4.08. The van der Waals surface area contributed by atoms with Gasteiger partial charge in [-0.3, -0.25) is 0 Å². The van der Waals surface area contributed by atoms with Crippen LogP contribution in [0.1, 0.15) is 0 Å². The molecule has 6 nitrogen and oxygen atoms in total. The van der Waals surface area contributed by atoms with Crippen molar-refractivity contribution in [3.8, 4) is 0 Å². The number of hydrogen-bond acceptors (Lipinski definition) is 5. The molecule has 0 radical (unpaired) electrons. The smallest absolute Gasteiger partial charge is 0.235 e. The van der Waals surface area contributed by atoms with Crippen LogP contribution in [0.2, 0.25) is 0 Å².